The predicted molar refractivity (Wildman–Crippen MR) is 125 cm³/mol. The predicted octanol–water partition coefficient (Wildman–Crippen LogP) is 3.66. The van der Waals surface area contributed by atoms with Crippen molar-refractivity contribution in [3.8, 4) is 0 Å². The average molecular weight is 498 g/mol. The molecule has 0 aliphatic carbocycles. The Hall–Kier alpha value is -0.860. The zero-order valence-corrected chi connectivity index (χ0v) is 19.5. The number of piperidine rings is 1. The molecule has 5 nitrogen and oxygen atoms in total. The Morgan fingerprint density at radius 3 is 2.68 bits per heavy atom. The van der Waals surface area contributed by atoms with E-state index >= 15 is 0 Å². The quantitative estimate of drug-likeness (QED) is 0.370. The summed E-state index contributed by atoms with van der Waals surface area (Å²) in [5, 5.41) is 7.10. The van der Waals surface area contributed by atoms with Gasteiger partial charge in [0.05, 0.1) is 18.2 Å². The molecule has 0 saturated carbocycles. The van der Waals surface area contributed by atoms with E-state index in [4.69, 9.17) is 4.74 Å². The summed E-state index contributed by atoms with van der Waals surface area (Å²) in [5.41, 5.74) is 2.79. The van der Waals surface area contributed by atoms with Crippen molar-refractivity contribution in [3.05, 3.63) is 35.4 Å². The number of guanidine groups is 1. The van der Waals surface area contributed by atoms with E-state index in [2.05, 4.69) is 51.7 Å². The van der Waals surface area contributed by atoms with E-state index in [1.807, 2.05) is 7.05 Å². The van der Waals surface area contributed by atoms with Crippen LogP contribution in [-0.4, -0.2) is 48.7 Å². The summed E-state index contributed by atoms with van der Waals surface area (Å²) in [7, 11) is 1.85. The van der Waals surface area contributed by atoms with E-state index in [0.717, 1.165) is 25.5 Å². The molecule has 4 atom stereocenters. The van der Waals surface area contributed by atoms with Crippen LogP contribution in [0.3, 0.4) is 0 Å². The summed E-state index contributed by atoms with van der Waals surface area (Å²) < 4.78 is 5.96. The minimum atomic E-state index is 0. The molecule has 2 N–H and O–H groups in total. The summed E-state index contributed by atoms with van der Waals surface area (Å²) in [5.74, 6) is 0.886. The lowest BCUT2D eigenvalue weighted by atomic mass is 9.96. The number of hydrogen-bond donors (Lipinski definition) is 2. The third kappa shape index (κ3) is 5.19. The number of nitrogens with zero attached hydrogens (tertiary/aromatic N) is 2. The molecule has 156 valence electrons. The monoisotopic (exact) mass is 498 g/mol. The van der Waals surface area contributed by atoms with Crippen LogP contribution in [0.4, 0.5) is 0 Å². The Balaban J connectivity index is 0.00000225. The van der Waals surface area contributed by atoms with Gasteiger partial charge in [0.15, 0.2) is 5.96 Å². The fourth-order valence-corrected chi connectivity index (χ4v) is 4.83. The van der Waals surface area contributed by atoms with E-state index in [-0.39, 0.29) is 24.0 Å². The van der Waals surface area contributed by atoms with E-state index in [9.17, 15) is 0 Å². The molecule has 3 heterocycles. The third-order valence-corrected chi connectivity index (χ3v) is 6.53. The highest BCUT2D eigenvalue weighted by Crippen LogP contribution is 2.34. The van der Waals surface area contributed by atoms with Crippen LogP contribution in [0.5, 0.6) is 0 Å². The second kappa shape index (κ2) is 10.3. The Labute approximate surface area is 186 Å². The highest BCUT2D eigenvalue weighted by Gasteiger charge is 2.41. The molecular weight excluding hydrogens is 463 g/mol. The van der Waals surface area contributed by atoms with Crippen LogP contribution in [0.1, 0.15) is 56.6 Å². The van der Waals surface area contributed by atoms with Crippen LogP contribution in [-0.2, 0) is 17.8 Å². The van der Waals surface area contributed by atoms with Gasteiger partial charge in [0, 0.05) is 26.2 Å². The fraction of sp³-hybridized carbons (Fsp3) is 0.682. The van der Waals surface area contributed by atoms with E-state index in [1.165, 1.54) is 49.8 Å². The van der Waals surface area contributed by atoms with Gasteiger partial charge >= 0.3 is 0 Å². The molecule has 3 fully saturated rings. The summed E-state index contributed by atoms with van der Waals surface area (Å²) in [6.45, 7) is 5.44. The lowest BCUT2D eigenvalue weighted by Crippen LogP contribution is -2.47. The Morgan fingerprint density at radius 2 is 2.00 bits per heavy atom. The van der Waals surface area contributed by atoms with Crippen LogP contribution >= 0.6 is 24.0 Å². The van der Waals surface area contributed by atoms with Gasteiger partial charge in [0.1, 0.15) is 0 Å². The van der Waals surface area contributed by atoms with Gasteiger partial charge in [-0.2, -0.15) is 0 Å². The maximum absolute atomic E-state index is 5.96. The number of hydrogen-bond acceptors (Lipinski definition) is 3. The minimum absolute atomic E-state index is 0. The highest BCUT2D eigenvalue weighted by molar-refractivity contribution is 14.0. The topological polar surface area (TPSA) is 48.9 Å². The maximum Gasteiger partial charge on any atom is 0.191 e. The maximum atomic E-state index is 5.96. The Bertz CT molecular complexity index is 668. The molecule has 6 heteroatoms. The molecule has 1 aromatic rings. The van der Waals surface area contributed by atoms with Crippen molar-refractivity contribution >= 4 is 29.9 Å². The highest BCUT2D eigenvalue weighted by atomic mass is 127. The standard InChI is InChI=1S/C22H34N4O.HI/c1-16-7-5-6-12-26(16)15-18-9-4-3-8-17(18)14-24-22(23-2)25-20-13-19-10-11-21(20)27-19;/h3-4,8-9,16,19-21H,5-7,10-15H2,1-2H3,(H2,23,24,25);1H. The normalized spacial score (nSPS) is 30.1. The Morgan fingerprint density at radius 1 is 1.18 bits per heavy atom. The lowest BCUT2D eigenvalue weighted by Gasteiger charge is -2.33. The largest absolute Gasteiger partial charge is 0.373 e. The second-order valence-corrected chi connectivity index (χ2v) is 8.37. The second-order valence-electron chi connectivity index (χ2n) is 8.37. The van der Waals surface area contributed by atoms with Gasteiger partial charge in [0.2, 0.25) is 0 Å². The van der Waals surface area contributed by atoms with Crippen LogP contribution in [0.25, 0.3) is 0 Å². The first-order valence-electron chi connectivity index (χ1n) is 10.7. The molecule has 2 bridgehead atoms. The van der Waals surface area contributed by atoms with Crippen molar-refractivity contribution in [2.75, 3.05) is 13.6 Å². The van der Waals surface area contributed by atoms with E-state index < -0.39 is 0 Å². The van der Waals surface area contributed by atoms with Crippen LogP contribution in [0.15, 0.2) is 29.3 Å². The van der Waals surface area contributed by atoms with Crippen molar-refractivity contribution < 1.29 is 4.74 Å². The van der Waals surface area contributed by atoms with Gasteiger partial charge in [0.25, 0.3) is 0 Å². The number of halogens is 1. The molecule has 3 aliphatic heterocycles. The zero-order chi connectivity index (χ0) is 18.6. The van der Waals surface area contributed by atoms with Crippen molar-refractivity contribution in [1.29, 1.82) is 0 Å². The van der Waals surface area contributed by atoms with Gasteiger partial charge in [-0.15, -0.1) is 24.0 Å². The van der Waals surface area contributed by atoms with Gasteiger partial charge < -0.3 is 15.4 Å². The number of fused-ring (bicyclic) bond motifs is 2. The molecule has 0 aromatic heterocycles. The molecule has 1 aromatic carbocycles. The average Bonchev–Trinajstić information content (AvgIpc) is 3.31. The first-order valence-corrected chi connectivity index (χ1v) is 10.7. The first-order chi connectivity index (χ1) is 13.2. The summed E-state index contributed by atoms with van der Waals surface area (Å²) in [6, 6.07) is 9.91. The van der Waals surface area contributed by atoms with E-state index in [0.29, 0.717) is 24.3 Å². The van der Waals surface area contributed by atoms with Crippen molar-refractivity contribution in [1.82, 2.24) is 15.5 Å². The van der Waals surface area contributed by atoms with Crippen LogP contribution < -0.4 is 10.6 Å². The number of benzene rings is 1. The molecule has 0 spiro atoms. The summed E-state index contributed by atoms with van der Waals surface area (Å²) in [4.78, 5) is 7.06. The molecule has 28 heavy (non-hydrogen) atoms. The number of ether oxygens (including phenoxy) is 1. The van der Waals surface area contributed by atoms with E-state index in [1.54, 1.807) is 0 Å². The lowest BCUT2D eigenvalue weighted by molar-refractivity contribution is 0.0992. The molecule has 3 saturated heterocycles. The fourth-order valence-electron chi connectivity index (χ4n) is 4.83. The van der Waals surface area contributed by atoms with Crippen molar-refractivity contribution in [2.45, 2.75) is 82.8 Å². The Kier molecular flexibility index (Phi) is 8.00. The van der Waals surface area contributed by atoms with Crippen molar-refractivity contribution in [3.63, 3.8) is 0 Å². The van der Waals surface area contributed by atoms with Crippen molar-refractivity contribution in [2.24, 2.45) is 4.99 Å². The minimum Gasteiger partial charge on any atom is -0.373 e. The van der Waals surface area contributed by atoms with Crippen LogP contribution in [0, 0.1) is 0 Å². The van der Waals surface area contributed by atoms with Gasteiger partial charge in [-0.3, -0.25) is 9.89 Å². The molecule has 0 amide bonds. The van der Waals surface area contributed by atoms with Gasteiger partial charge in [-0.1, -0.05) is 30.7 Å². The van der Waals surface area contributed by atoms with Gasteiger partial charge in [-0.05, 0) is 56.7 Å². The number of nitrogens with one attached hydrogen (secondary N) is 2. The summed E-state index contributed by atoms with van der Waals surface area (Å²) >= 11 is 0. The first kappa shape index (κ1) is 21.8. The van der Waals surface area contributed by atoms with Gasteiger partial charge in [-0.25, -0.2) is 0 Å². The molecule has 0 radical (unpaired) electrons. The summed E-state index contributed by atoms with van der Waals surface area (Å²) in [6.07, 6.45) is 8.34. The SMILES string of the molecule is CN=C(NCc1ccccc1CN1CCCCC1C)NC1CC2CCC1O2.I. The molecule has 4 rings (SSSR count). The molecular formula is C22H35IN4O. The molecule has 3 aliphatic rings. The molecule has 4 unspecified atom stereocenters. The number of rotatable bonds is 5. The number of likely N-dealkylation sites (tertiary alicyclic amines) is 1. The smallest absolute Gasteiger partial charge is 0.191 e. The zero-order valence-electron chi connectivity index (χ0n) is 17.2. The third-order valence-electron chi connectivity index (χ3n) is 6.53. The van der Waals surface area contributed by atoms with Crippen LogP contribution in [0.2, 0.25) is 0 Å². The number of aliphatic imine (C=N–C) groups is 1.